The number of anilines is 1. The van der Waals surface area contributed by atoms with E-state index < -0.39 is 11.6 Å². The Labute approximate surface area is 104 Å². The van der Waals surface area contributed by atoms with E-state index in [-0.39, 0.29) is 5.69 Å². The third-order valence-corrected chi connectivity index (χ3v) is 2.57. The molecular weight excluding hydrogens is 236 g/mol. The van der Waals surface area contributed by atoms with Gasteiger partial charge in [0.05, 0.1) is 7.11 Å². The number of rotatable bonds is 4. The second-order valence-electron chi connectivity index (χ2n) is 3.80. The molecule has 1 N–H and O–H groups in total. The number of methoxy groups -OCH3 is 1. The minimum Gasteiger partial charge on any atom is -0.497 e. The van der Waals surface area contributed by atoms with Crippen molar-refractivity contribution < 1.29 is 13.5 Å². The van der Waals surface area contributed by atoms with Crippen molar-refractivity contribution in [3.05, 3.63) is 59.7 Å². The number of ether oxygens (including phenoxy) is 1. The Morgan fingerprint density at radius 3 is 2.39 bits per heavy atom. The topological polar surface area (TPSA) is 21.3 Å². The van der Waals surface area contributed by atoms with Gasteiger partial charge in [-0.15, -0.1) is 0 Å². The van der Waals surface area contributed by atoms with Gasteiger partial charge in [0.15, 0.2) is 0 Å². The summed E-state index contributed by atoms with van der Waals surface area (Å²) in [6.07, 6.45) is 0. The highest BCUT2D eigenvalue weighted by atomic mass is 19.1. The van der Waals surface area contributed by atoms with E-state index in [1.807, 2.05) is 24.3 Å². The Morgan fingerprint density at radius 2 is 1.72 bits per heavy atom. The first-order valence-electron chi connectivity index (χ1n) is 5.51. The van der Waals surface area contributed by atoms with Crippen molar-refractivity contribution in [1.82, 2.24) is 0 Å². The molecule has 0 bridgehead atoms. The van der Waals surface area contributed by atoms with Gasteiger partial charge in [-0.05, 0) is 29.8 Å². The average Bonchev–Trinajstić information content (AvgIpc) is 2.38. The Morgan fingerprint density at radius 1 is 1.06 bits per heavy atom. The molecule has 2 rings (SSSR count). The maximum Gasteiger partial charge on any atom is 0.149 e. The van der Waals surface area contributed by atoms with Gasteiger partial charge < -0.3 is 10.1 Å². The van der Waals surface area contributed by atoms with Gasteiger partial charge >= 0.3 is 0 Å². The minimum absolute atomic E-state index is 0.111. The first kappa shape index (κ1) is 12.4. The lowest BCUT2D eigenvalue weighted by atomic mass is 10.2. The molecule has 0 atom stereocenters. The lowest BCUT2D eigenvalue weighted by molar-refractivity contribution is 0.414. The molecule has 2 aromatic carbocycles. The SMILES string of the molecule is COc1cccc(CNc2c(F)cccc2F)c1. The lowest BCUT2D eigenvalue weighted by Gasteiger charge is -2.09. The van der Waals surface area contributed by atoms with Crippen LogP contribution in [0.5, 0.6) is 5.75 Å². The molecule has 0 spiro atoms. The number of hydrogen-bond donors (Lipinski definition) is 1. The Hall–Kier alpha value is -2.10. The van der Waals surface area contributed by atoms with E-state index in [9.17, 15) is 8.78 Å². The van der Waals surface area contributed by atoms with Gasteiger partial charge in [0.25, 0.3) is 0 Å². The summed E-state index contributed by atoms with van der Waals surface area (Å²) in [7, 11) is 1.57. The molecule has 18 heavy (non-hydrogen) atoms. The summed E-state index contributed by atoms with van der Waals surface area (Å²) in [6, 6.07) is 11.1. The van der Waals surface area contributed by atoms with Crippen molar-refractivity contribution in [2.45, 2.75) is 6.54 Å². The second kappa shape index (κ2) is 5.49. The van der Waals surface area contributed by atoms with E-state index in [0.29, 0.717) is 12.3 Å². The van der Waals surface area contributed by atoms with Crippen LogP contribution < -0.4 is 10.1 Å². The molecule has 0 fully saturated rings. The number of halogens is 2. The summed E-state index contributed by atoms with van der Waals surface area (Å²) in [4.78, 5) is 0. The molecule has 0 aliphatic heterocycles. The van der Waals surface area contributed by atoms with Crippen molar-refractivity contribution in [2.24, 2.45) is 0 Å². The minimum atomic E-state index is -0.599. The van der Waals surface area contributed by atoms with Crippen molar-refractivity contribution >= 4 is 5.69 Å². The summed E-state index contributed by atoms with van der Waals surface area (Å²) < 4.78 is 31.8. The molecule has 94 valence electrons. The Balaban J connectivity index is 2.11. The summed E-state index contributed by atoms with van der Waals surface area (Å²) in [5.74, 6) is -0.487. The first-order chi connectivity index (χ1) is 8.70. The largest absolute Gasteiger partial charge is 0.497 e. The Kier molecular flexibility index (Phi) is 3.77. The van der Waals surface area contributed by atoms with Crippen LogP contribution in [0.15, 0.2) is 42.5 Å². The number of hydrogen-bond acceptors (Lipinski definition) is 2. The van der Waals surface area contributed by atoms with Crippen molar-refractivity contribution in [3.63, 3.8) is 0 Å². The van der Waals surface area contributed by atoms with Crippen LogP contribution in [0.1, 0.15) is 5.56 Å². The molecule has 2 nitrogen and oxygen atoms in total. The van der Waals surface area contributed by atoms with Crippen LogP contribution in [0, 0.1) is 11.6 Å². The number of nitrogens with one attached hydrogen (secondary N) is 1. The summed E-state index contributed by atoms with van der Waals surface area (Å²) >= 11 is 0. The molecule has 0 heterocycles. The predicted octanol–water partition coefficient (Wildman–Crippen LogP) is 3.59. The van der Waals surface area contributed by atoms with Crippen LogP contribution in [0.4, 0.5) is 14.5 Å². The van der Waals surface area contributed by atoms with Crippen LogP contribution in [0.2, 0.25) is 0 Å². The Bertz CT molecular complexity index is 523. The average molecular weight is 249 g/mol. The predicted molar refractivity (Wildman–Crippen MR) is 66.7 cm³/mol. The molecule has 4 heteroatoms. The first-order valence-corrected chi connectivity index (χ1v) is 5.51. The molecule has 0 saturated carbocycles. The quantitative estimate of drug-likeness (QED) is 0.894. The normalized spacial score (nSPS) is 10.2. The fourth-order valence-electron chi connectivity index (χ4n) is 1.64. The summed E-state index contributed by atoms with van der Waals surface area (Å²) in [5.41, 5.74) is 0.775. The zero-order valence-electron chi connectivity index (χ0n) is 9.91. The molecule has 0 aromatic heterocycles. The molecule has 0 saturated heterocycles. The van der Waals surface area contributed by atoms with Crippen LogP contribution in [0.3, 0.4) is 0 Å². The molecule has 0 aliphatic carbocycles. The second-order valence-corrected chi connectivity index (χ2v) is 3.80. The molecule has 0 radical (unpaired) electrons. The van der Waals surface area contributed by atoms with Crippen LogP contribution in [0.25, 0.3) is 0 Å². The maximum atomic E-state index is 13.4. The van der Waals surface area contributed by atoms with Gasteiger partial charge in [-0.1, -0.05) is 18.2 Å². The van der Waals surface area contributed by atoms with Gasteiger partial charge in [0, 0.05) is 6.54 Å². The van der Waals surface area contributed by atoms with E-state index in [0.717, 1.165) is 5.56 Å². The van der Waals surface area contributed by atoms with E-state index >= 15 is 0 Å². The summed E-state index contributed by atoms with van der Waals surface area (Å²) in [6.45, 7) is 0.328. The summed E-state index contributed by atoms with van der Waals surface area (Å²) in [5, 5.41) is 2.74. The molecule has 0 unspecified atom stereocenters. The van der Waals surface area contributed by atoms with Crippen LogP contribution >= 0.6 is 0 Å². The van der Waals surface area contributed by atoms with Crippen molar-refractivity contribution in [2.75, 3.05) is 12.4 Å². The highest BCUT2D eigenvalue weighted by Crippen LogP contribution is 2.20. The monoisotopic (exact) mass is 249 g/mol. The molecule has 0 amide bonds. The van der Waals surface area contributed by atoms with Crippen LogP contribution in [-0.2, 0) is 6.54 Å². The van der Waals surface area contributed by atoms with Gasteiger partial charge in [-0.2, -0.15) is 0 Å². The highest BCUT2D eigenvalue weighted by molar-refractivity contribution is 5.46. The van der Waals surface area contributed by atoms with E-state index in [1.54, 1.807) is 7.11 Å². The van der Waals surface area contributed by atoms with Gasteiger partial charge in [0.1, 0.15) is 23.1 Å². The number of para-hydroxylation sites is 1. The molecule has 2 aromatic rings. The standard InChI is InChI=1S/C14H13F2NO/c1-18-11-5-2-4-10(8-11)9-17-14-12(15)6-3-7-13(14)16/h2-8,17H,9H2,1H3. The third kappa shape index (κ3) is 2.77. The van der Waals surface area contributed by atoms with Crippen molar-refractivity contribution in [1.29, 1.82) is 0 Å². The van der Waals surface area contributed by atoms with Crippen molar-refractivity contribution in [3.8, 4) is 5.75 Å². The molecule has 0 aliphatic rings. The zero-order chi connectivity index (χ0) is 13.0. The smallest absolute Gasteiger partial charge is 0.149 e. The van der Waals surface area contributed by atoms with E-state index in [4.69, 9.17) is 4.74 Å². The van der Waals surface area contributed by atoms with Crippen LogP contribution in [-0.4, -0.2) is 7.11 Å². The maximum absolute atomic E-state index is 13.4. The van der Waals surface area contributed by atoms with E-state index in [2.05, 4.69) is 5.32 Å². The van der Waals surface area contributed by atoms with E-state index in [1.165, 1.54) is 18.2 Å². The fourth-order valence-corrected chi connectivity index (χ4v) is 1.64. The zero-order valence-corrected chi connectivity index (χ0v) is 9.91. The fraction of sp³-hybridized carbons (Fsp3) is 0.143. The lowest BCUT2D eigenvalue weighted by Crippen LogP contribution is -2.03. The third-order valence-electron chi connectivity index (χ3n) is 2.57. The number of benzene rings is 2. The molecular formula is C14H13F2NO. The highest BCUT2D eigenvalue weighted by Gasteiger charge is 2.07. The van der Waals surface area contributed by atoms with Gasteiger partial charge in [-0.25, -0.2) is 8.78 Å². The van der Waals surface area contributed by atoms with Gasteiger partial charge in [-0.3, -0.25) is 0 Å². The van der Waals surface area contributed by atoms with Gasteiger partial charge in [0.2, 0.25) is 0 Å².